The highest BCUT2D eigenvalue weighted by Gasteiger charge is 2.11. The Morgan fingerprint density at radius 1 is 0.941 bits per heavy atom. The van der Waals surface area contributed by atoms with Gasteiger partial charge in [0, 0.05) is 18.3 Å². The van der Waals surface area contributed by atoms with Gasteiger partial charge in [0.15, 0.2) is 0 Å². The minimum atomic E-state index is -0.123. The van der Waals surface area contributed by atoms with Crippen LogP contribution in [0.5, 0.6) is 5.75 Å². The van der Waals surface area contributed by atoms with E-state index in [2.05, 4.69) is 49.4 Å². The number of nitrogens with one attached hydrogen (secondary N) is 1. The van der Waals surface area contributed by atoms with Gasteiger partial charge in [-0.05, 0) is 44.2 Å². The SMILES string of the molecule is C#Cc1cccc(NC(=O)CN(C)c2ccccc2OC)c1.C=O.C=O.Cc1ccc(C)cc1. The number of nitrogens with zero attached hydrogens (tertiary/aromatic N) is 1. The van der Waals surface area contributed by atoms with Crippen LogP contribution in [-0.4, -0.2) is 40.2 Å². The Balaban J connectivity index is 0.000000755. The van der Waals surface area contributed by atoms with Crippen molar-refractivity contribution in [3.05, 3.63) is 89.5 Å². The first kappa shape index (κ1) is 29.6. The number of carbonyl (C=O) groups excluding carboxylic acids is 3. The van der Waals surface area contributed by atoms with E-state index in [1.54, 1.807) is 13.2 Å². The van der Waals surface area contributed by atoms with E-state index in [0.29, 0.717) is 5.69 Å². The zero-order valence-electron chi connectivity index (χ0n) is 20.2. The first-order chi connectivity index (χ1) is 16.4. The first-order valence-electron chi connectivity index (χ1n) is 10.2. The number of ether oxygens (including phenoxy) is 1. The van der Waals surface area contributed by atoms with Crippen LogP contribution in [0.1, 0.15) is 16.7 Å². The molecular weight excluding hydrogens is 428 g/mol. The fraction of sp³-hybridized carbons (Fsp3) is 0.179. The average molecular weight is 461 g/mol. The molecule has 0 saturated carbocycles. The van der Waals surface area contributed by atoms with E-state index < -0.39 is 0 Å². The standard InChI is InChI=1S/C18H18N2O2.C8H10.2CH2O/c1-4-14-8-7-9-15(12-14)19-18(21)13-20(2)16-10-5-6-11-17(16)22-3;1-7-3-5-8(2)6-4-7;2*1-2/h1,5-12H,13H2,2-3H3,(H,19,21);3-6H,1-2H3;2*1H2. The Labute approximate surface area is 202 Å². The van der Waals surface area contributed by atoms with Gasteiger partial charge in [0.25, 0.3) is 0 Å². The van der Waals surface area contributed by atoms with E-state index in [-0.39, 0.29) is 12.5 Å². The number of hydrogen-bond donors (Lipinski definition) is 1. The summed E-state index contributed by atoms with van der Waals surface area (Å²) in [7, 11) is 3.45. The first-order valence-corrected chi connectivity index (χ1v) is 10.2. The lowest BCUT2D eigenvalue weighted by molar-refractivity contribution is -0.115. The molecule has 1 N–H and O–H groups in total. The van der Waals surface area contributed by atoms with Gasteiger partial charge < -0.3 is 24.5 Å². The Kier molecular flexibility index (Phi) is 15.0. The number of rotatable bonds is 5. The smallest absolute Gasteiger partial charge is 0.243 e. The van der Waals surface area contributed by atoms with Crippen molar-refractivity contribution in [2.24, 2.45) is 0 Å². The third-order valence-electron chi connectivity index (χ3n) is 4.41. The summed E-state index contributed by atoms with van der Waals surface area (Å²) in [6.07, 6.45) is 5.35. The van der Waals surface area contributed by atoms with Crippen LogP contribution in [0.3, 0.4) is 0 Å². The molecule has 0 atom stereocenters. The Bertz CT molecular complexity index is 1020. The van der Waals surface area contributed by atoms with Crippen molar-refractivity contribution in [2.45, 2.75) is 13.8 Å². The molecule has 0 saturated heterocycles. The predicted molar refractivity (Wildman–Crippen MR) is 139 cm³/mol. The number of methoxy groups -OCH3 is 1. The van der Waals surface area contributed by atoms with Gasteiger partial charge in [-0.15, -0.1) is 6.42 Å². The third kappa shape index (κ3) is 10.8. The molecule has 3 rings (SSSR count). The molecule has 0 unspecified atom stereocenters. The molecule has 0 heterocycles. The molecule has 178 valence electrons. The van der Waals surface area contributed by atoms with E-state index in [4.69, 9.17) is 20.7 Å². The van der Waals surface area contributed by atoms with Crippen molar-refractivity contribution in [1.29, 1.82) is 0 Å². The normalized spacial score (nSPS) is 8.68. The molecule has 0 aliphatic heterocycles. The average Bonchev–Trinajstić information content (AvgIpc) is 2.88. The number of terminal acetylenes is 1. The van der Waals surface area contributed by atoms with Gasteiger partial charge in [-0.25, -0.2) is 0 Å². The number of aryl methyl sites for hydroxylation is 2. The predicted octanol–water partition coefficient (Wildman–Crippen LogP) is 4.69. The van der Waals surface area contributed by atoms with Crippen LogP contribution in [-0.2, 0) is 14.4 Å². The minimum Gasteiger partial charge on any atom is -0.495 e. The number of amides is 1. The number of likely N-dealkylation sites (N-methyl/N-ethyl adjacent to an activating group) is 1. The molecule has 0 radical (unpaired) electrons. The molecule has 0 aliphatic carbocycles. The second kappa shape index (κ2) is 17.2. The number of anilines is 2. The number of hydrogen-bond acceptors (Lipinski definition) is 5. The second-order valence-electron chi connectivity index (χ2n) is 6.96. The molecule has 0 bridgehead atoms. The summed E-state index contributed by atoms with van der Waals surface area (Å²) in [5.41, 5.74) is 4.94. The van der Waals surface area contributed by atoms with E-state index >= 15 is 0 Å². The van der Waals surface area contributed by atoms with Crippen molar-refractivity contribution in [2.75, 3.05) is 30.9 Å². The van der Waals surface area contributed by atoms with Gasteiger partial charge in [0.05, 0.1) is 19.3 Å². The quantitative estimate of drug-likeness (QED) is 0.560. The van der Waals surface area contributed by atoms with E-state index in [1.807, 2.05) is 68.0 Å². The van der Waals surface area contributed by atoms with E-state index in [1.165, 1.54) is 11.1 Å². The molecule has 0 aliphatic rings. The molecular formula is C28H32N2O4. The number of benzene rings is 3. The maximum Gasteiger partial charge on any atom is 0.243 e. The maximum absolute atomic E-state index is 12.2. The molecule has 6 heteroatoms. The van der Waals surface area contributed by atoms with Crippen molar-refractivity contribution < 1.29 is 19.1 Å². The highest BCUT2D eigenvalue weighted by molar-refractivity contribution is 5.94. The van der Waals surface area contributed by atoms with Crippen LogP contribution >= 0.6 is 0 Å². The molecule has 0 fully saturated rings. The van der Waals surface area contributed by atoms with Crippen LogP contribution < -0.4 is 15.0 Å². The molecule has 3 aromatic carbocycles. The second-order valence-corrected chi connectivity index (χ2v) is 6.96. The zero-order valence-corrected chi connectivity index (χ0v) is 20.2. The summed E-state index contributed by atoms with van der Waals surface area (Å²) in [6.45, 7) is 8.40. The van der Waals surface area contributed by atoms with Gasteiger partial charge in [-0.2, -0.15) is 0 Å². The van der Waals surface area contributed by atoms with Crippen LogP contribution in [0.2, 0.25) is 0 Å². The highest BCUT2D eigenvalue weighted by atomic mass is 16.5. The molecule has 0 aromatic heterocycles. The molecule has 34 heavy (non-hydrogen) atoms. The lowest BCUT2D eigenvalue weighted by atomic mass is 10.2. The highest BCUT2D eigenvalue weighted by Crippen LogP contribution is 2.26. The fourth-order valence-electron chi connectivity index (χ4n) is 2.77. The van der Waals surface area contributed by atoms with Crippen LogP contribution in [0, 0.1) is 26.2 Å². The number of carbonyl (C=O) groups is 3. The van der Waals surface area contributed by atoms with Crippen molar-refractivity contribution in [3.63, 3.8) is 0 Å². The Morgan fingerprint density at radius 2 is 1.50 bits per heavy atom. The molecule has 1 amide bonds. The van der Waals surface area contributed by atoms with Crippen molar-refractivity contribution >= 4 is 30.9 Å². The lowest BCUT2D eigenvalue weighted by Crippen LogP contribution is -2.30. The van der Waals surface area contributed by atoms with Crippen LogP contribution in [0.25, 0.3) is 0 Å². The maximum atomic E-state index is 12.2. The van der Waals surface area contributed by atoms with Crippen LogP contribution in [0.15, 0.2) is 72.8 Å². The molecule has 6 nitrogen and oxygen atoms in total. The van der Waals surface area contributed by atoms with Gasteiger partial charge in [0.1, 0.15) is 19.3 Å². The lowest BCUT2D eigenvalue weighted by Gasteiger charge is -2.21. The number of para-hydroxylation sites is 2. The minimum absolute atomic E-state index is 0.123. The zero-order chi connectivity index (χ0) is 25.9. The summed E-state index contributed by atoms with van der Waals surface area (Å²) >= 11 is 0. The Hall–Kier alpha value is -4.37. The molecule has 0 spiro atoms. The van der Waals surface area contributed by atoms with Gasteiger partial charge in [0.2, 0.25) is 5.91 Å². The summed E-state index contributed by atoms with van der Waals surface area (Å²) in [6, 6.07) is 23.2. The summed E-state index contributed by atoms with van der Waals surface area (Å²) < 4.78 is 5.30. The fourth-order valence-corrected chi connectivity index (χ4v) is 2.77. The summed E-state index contributed by atoms with van der Waals surface area (Å²) in [5.74, 6) is 3.15. The summed E-state index contributed by atoms with van der Waals surface area (Å²) in [5, 5.41) is 2.84. The van der Waals surface area contributed by atoms with Gasteiger partial charge >= 0.3 is 0 Å². The van der Waals surface area contributed by atoms with Gasteiger partial charge in [-0.3, -0.25) is 4.79 Å². The third-order valence-corrected chi connectivity index (χ3v) is 4.41. The monoisotopic (exact) mass is 460 g/mol. The van der Waals surface area contributed by atoms with Crippen LogP contribution in [0.4, 0.5) is 11.4 Å². The molecule has 3 aromatic rings. The van der Waals surface area contributed by atoms with E-state index in [9.17, 15) is 4.79 Å². The van der Waals surface area contributed by atoms with Crippen molar-refractivity contribution in [1.82, 2.24) is 0 Å². The van der Waals surface area contributed by atoms with E-state index in [0.717, 1.165) is 17.0 Å². The largest absolute Gasteiger partial charge is 0.495 e. The topological polar surface area (TPSA) is 75.7 Å². The Morgan fingerprint density at radius 3 is 2.03 bits per heavy atom. The van der Waals surface area contributed by atoms with Crippen molar-refractivity contribution in [3.8, 4) is 18.1 Å². The summed E-state index contributed by atoms with van der Waals surface area (Å²) in [4.78, 5) is 30.0. The van der Waals surface area contributed by atoms with Gasteiger partial charge in [-0.1, -0.05) is 59.5 Å².